The van der Waals surface area contributed by atoms with Crippen LogP contribution in [0.4, 0.5) is 0 Å². The molecule has 1 fully saturated rings. The van der Waals surface area contributed by atoms with E-state index in [9.17, 15) is 19.2 Å². The Morgan fingerprint density at radius 1 is 0.794 bits per heavy atom. The van der Waals surface area contributed by atoms with Crippen LogP contribution in [-0.4, -0.2) is 47.9 Å². The second-order valence-electron chi connectivity index (χ2n) is 8.08. The number of ketones is 2. The molecular weight excluding hydrogens is 576 g/mol. The van der Waals surface area contributed by atoms with Gasteiger partial charge in [-0.3, -0.25) is 9.59 Å². The smallest absolute Gasteiger partial charge is 0.356 e. The topological polar surface area (TPSA) is 105 Å². The molecule has 8 nitrogen and oxygen atoms in total. The summed E-state index contributed by atoms with van der Waals surface area (Å²) in [6.07, 6.45) is 0. The maximum Gasteiger partial charge on any atom is 0.356 e. The standard InChI is InChI=1S/C24H18Br2O8/c1-3-31-21(29)23-17(19(27)13-7-5-11(25)9-15(13)33-23)18-20(28)14-8-6-12(26)10-16(14)34-24(18,23)22(30)32-4-2/h5-10,17-18H,3-4H2,1-2H3/t17-,18-,23-,24-/m1/s1. The van der Waals surface area contributed by atoms with Crippen LogP contribution in [0, 0.1) is 11.8 Å². The average molecular weight is 594 g/mol. The molecule has 34 heavy (non-hydrogen) atoms. The highest BCUT2D eigenvalue weighted by Gasteiger charge is 2.90. The van der Waals surface area contributed by atoms with Crippen molar-refractivity contribution in [2.75, 3.05) is 13.2 Å². The molecule has 0 amide bonds. The second-order valence-corrected chi connectivity index (χ2v) is 9.91. The summed E-state index contributed by atoms with van der Waals surface area (Å²) in [6, 6.07) is 9.43. The van der Waals surface area contributed by atoms with Crippen LogP contribution in [-0.2, 0) is 19.1 Å². The molecule has 2 aliphatic heterocycles. The summed E-state index contributed by atoms with van der Waals surface area (Å²) in [5, 5.41) is 0. The Bertz CT molecular complexity index is 1180. The van der Waals surface area contributed by atoms with Gasteiger partial charge in [-0.15, -0.1) is 0 Å². The van der Waals surface area contributed by atoms with Gasteiger partial charge in [0.15, 0.2) is 11.6 Å². The van der Waals surface area contributed by atoms with Crippen LogP contribution in [0.3, 0.4) is 0 Å². The van der Waals surface area contributed by atoms with Gasteiger partial charge in [0.2, 0.25) is 0 Å². The summed E-state index contributed by atoms with van der Waals surface area (Å²) in [5.41, 5.74) is -4.11. The molecule has 3 aliphatic rings. The van der Waals surface area contributed by atoms with Gasteiger partial charge < -0.3 is 18.9 Å². The van der Waals surface area contributed by atoms with Gasteiger partial charge in [-0.2, -0.15) is 0 Å². The predicted octanol–water partition coefficient (Wildman–Crippen LogP) is 3.91. The van der Waals surface area contributed by atoms with Crippen LogP contribution < -0.4 is 9.47 Å². The summed E-state index contributed by atoms with van der Waals surface area (Å²) >= 11 is 6.67. The molecule has 0 radical (unpaired) electrons. The third-order valence-corrected chi connectivity index (χ3v) is 7.43. The van der Waals surface area contributed by atoms with Crippen LogP contribution in [0.15, 0.2) is 45.3 Å². The van der Waals surface area contributed by atoms with E-state index in [1.807, 2.05) is 0 Å². The van der Waals surface area contributed by atoms with E-state index in [-0.39, 0.29) is 35.8 Å². The number of benzene rings is 2. The van der Waals surface area contributed by atoms with E-state index in [2.05, 4.69) is 31.9 Å². The van der Waals surface area contributed by atoms with Crippen LogP contribution >= 0.6 is 31.9 Å². The lowest BCUT2D eigenvalue weighted by Gasteiger charge is -2.64. The Labute approximate surface area is 211 Å². The number of ether oxygens (including phenoxy) is 4. The van der Waals surface area contributed by atoms with Crippen molar-refractivity contribution in [1.29, 1.82) is 0 Å². The van der Waals surface area contributed by atoms with Crippen LogP contribution in [0.1, 0.15) is 34.6 Å². The zero-order chi connectivity index (χ0) is 24.4. The summed E-state index contributed by atoms with van der Waals surface area (Å²) < 4.78 is 24.2. The number of halogens is 2. The Balaban J connectivity index is 1.81. The molecule has 0 N–H and O–H groups in total. The number of carbonyl (C=O) groups is 4. The minimum atomic E-state index is -2.25. The van der Waals surface area contributed by atoms with Gasteiger partial charge in [0.1, 0.15) is 11.5 Å². The molecule has 0 spiro atoms. The number of carbonyl (C=O) groups excluding carboxylic acids is 4. The first kappa shape index (κ1) is 23.0. The van der Waals surface area contributed by atoms with E-state index in [0.29, 0.717) is 8.95 Å². The van der Waals surface area contributed by atoms with Crippen molar-refractivity contribution in [3.63, 3.8) is 0 Å². The fourth-order valence-corrected chi connectivity index (χ4v) is 5.83. The van der Waals surface area contributed by atoms with E-state index in [4.69, 9.17) is 18.9 Å². The van der Waals surface area contributed by atoms with Crippen LogP contribution in [0.5, 0.6) is 11.5 Å². The van der Waals surface area contributed by atoms with Gasteiger partial charge in [-0.25, -0.2) is 9.59 Å². The second kappa shape index (κ2) is 7.91. The number of rotatable bonds is 4. The van der Waals surface area contributed by atoms with E-state index < -0.39 is 46.5 Å². The quantitative estimate of drug-likeness (QED) is 0.491. The molecule has 5 rings (SSSR count). The first-order valence-electron chi connectivity index (χ1n) is 10.6. The number of Topliss-reactive ketones (excluding diaryl/α,β-unsaturated/α-hetero) is 2. The minimum absolute atomic E-state index is 0.0458. The lowest BCUT2D eigenvalue weighted by molar-refractivity contribution is -0.261. The normalized spacial score (nSPS) is 28.1. The molecule has 0 unspecified atom stereocenters. The highest BCUT2D eigenvalue weighted by Crippen LogP contribution is 2.64. The van der Waals surface area contributed by atoms with Crippen molar-refractivity contribution in [1.82, 2.24) is 0 Å². The molecule has 4 atom stereocenters. The molecule has 0 bridgehead atoms. The van der Waals surface area contributed by atoms with Crippen molar-refractivity contribution in [2.45, 2.75) is 25.0 Å². The van der Waals surface area contributed by atoms with E-state index in [1.54, 1.807) is 38.1 Å². The van der Waals surface area contributed by atoms with Gasteiger partial charge in [0.05, 0.1) is 36.2 Å². The molecule has 0 saturated heterocycles. The predicted molar refractivity (Wildman–Crippen MR) is 124 cm³/mol. The van der Waals surface area contributed by atoms with Crippen molar-refractivity contribution in [3.8, 4) is 11.5 Å². The van der Waals surface area contributed by atoms with Crippen molar-refractivity contribution in [2.24, 2.45) is 11.8 Å². The Kier molecular flexibility index (Phi) is 5.36. The maximum absolute atomic E-state index is 13.7. The number of esters is 2. The number of hydrogen-bond donors (Lipinski definition) is 0. The van der Waals surface area contributed by atoms with Crippen molar-refractivity contribution < 1.29 is 38.1 Å². The number of fused-ring (bicyclic) bond motifs is 6. The lowest BCUT2D eigenvalue weighted by atomic mass is 9.45. The van der Waals surface area contributed by atoms with Gasteiger partial charge >= 0.3 is 11.9 Å². The molecule has 1 saturated carbocycles. The summed E-state index contributed by atoms with van der Waals surface area (Å²) in [6.45, 7) is 3.09. The largest absolute Gasteiger partial charge is 0.469 e. The van der Waals surface area contributed by atoms with Gasteiger partial charge in [0, 0.05) is 8.95 Å². The fraction of sp³-hybridized carbons (Fsp3) is 0.333. The van der Waals surface area contributed by atoms with E-state index >= 15 is 0 Å². The van der Waals surface area contributed by atoms with E-state index in [1.165, 1.54) is 12.1 Å². The zero-order valence-corrected chi connectivity index (χ0v) is 21.2. The SMILES string of the molecule is CCOC(=O)[C@]12Oc3cc(Br)ccc3C(=O)[C@H]1[C@@H]1C(=O)c3ccc(Br)cc3O[C@@]12C(=O)OCC. The molecule has 10 heteroatoms. The Morgan fingerprint density at radius 2 is 1.18 bits per heavy atom. The first-order chi connectivity index (χ1) is 16.2. The number of hydrogen-bond acceptors (Lipinski definition) is 8. The van der Waals surface area contributed by atoms with E-state index in [0.717, 1.165) is 0 Å². The monoisotopic (exact) mass is 592 g/mol. The third kappa shape index (κ3) is 2.75. The van der Waals surface area contributed by atoms with Gasteiger partial charge in [-0.1, -0.05) is 31.9 Å². The molecule has 1 aliphatic carbocycles. The average Bonchev–Trinajstić information content (AvgIpc) is 2.78. The first-order valence-corrected chi connectivity index (χ1v) is 12.2. The lowest BCUT2D eigenvalue weighted by Crippen LogP contribution is -2.90. The molecular formula is C24H18Br2O8. The highest BCUT2D eigenvalue weighted by atomic mass is 79.9. The molecule has 2 aromatic carbocycles. The zero-order valence-electron chi connectivity index (χ0n) is 18.1. The van der Waals surface area contributed by atoms with Gasteiger partial charge in [0.25, 0.3) is 11.2 Å². The fourth-order valence-electron chi connectivity index (χ4n) is 5.15. The summed E-state index contributed by atoms with van der Waals surface area (Å²) in [7, 11) is 0. The van der Waals surface area contributed by atoms with Gasteiger partial charge in [-0.05, 0) is 50.2 Å². The highest BCUT2D eigenvalue weighted by molar-refractivity contribution is 9.10. The van der Waals surface area contributed by atoms with Crippen LogP contribution in [0.25, 0.3) is 0 Å². The maximum atomic E-state index is 13.7. The third-order valence-electron chi connectivity index (χ3n) is 6.44. The molecule has 2 aromatic rings. The van der Waals surface area contributed by atoms with Crippen molar-refractivity contribution in [3.05, 3.63) is 56.5 Å². The Hall–Kier alpha value is -2.72. The Morgan fingerprint density at radius 3 is 1.53 bits per heavy atom. The summed E-state index contributed by atoms with van der Waals surface area (Å²) in [4.78, 5) is 54.6. The molecule has 2 heterocycles. The van der Waals surface area contributed by atoms with Crippen molar-refractivity contribution >= 4 is 55.4 Å². The molecule has 176 valence electrons. The van der Waals surface area contributed by atoms with Crippen LogP contribution in [0.2, 0.25) is 0 Å². The molecule has 0 aromatic heterocycles. The minimum Gasteiger partial charge on any atom is -0.469 e. The summed E-state index contributed by atoms with van der Waals surface area (Å²) in [5.74, 6) is -5.51.